The van der Waals surface area contributed by atoms with E-state index in [1.165, 1.54) is 28.7 Å². The minimum absolute atomic E-state index is 0.189. The Hall–Kier alpha value is -3.00. The highest BCUT2D eigenvalue weighted by molar-refractivity contribution is 7.98. The van der Waals surface area contributed by atoms with E-state index in [0.717, 1.165) is 12.1 Å². The molecule has 0 N–H and O–H groups in total. The monoisotopic (exact) mass is 416 g/mol. The van der Waals surface area contributed by atoms with E-state index in [4.69, 9.17) is 4.42 Å². The van der Waals surface area contributed by atoms with Crippen molar-refractivity contribution in [2.45, 2.75) is 23.6 Å². The van der Waals surface area contributed by atoms with Crippen LogP contribution in [-0.2, 0) is 18.5 Å². The Labute approximate surface area is 168 Å². The summed E-state index contributed by atoms with van der Waals surface area (Å²) in [6.07, 6.45) is -2.88. The first kappa shape index (κ1) is 19.3. The third-order valence-corrected chi connectivity index (χ3v) is 5.39. The van der Waals surface area contributed by atoms with Crippen LogP contribution in [0.5, 0.6) is 0 Å². The number of halogens is 3. The van der Waals surface area contributed by atoms with Gasteiger partial charge in [0.25, 0.3) is 5.56 Å². The van der Waals surface area contributed by atoms with Crippen LogP contribution in [0.3, 0.4) is 0 Å². The van der Waals surface area contributed by atoms with Gasteiger partial charge in [0.1, 0.15) is 5.76 Å². The van der Waals surface area contributed by atoms with E-state index in [1.54, 1.807) is 42.5 Å². The van der Waals surface area contributed by atoms with Gasteiger partial charge in [-0.15, -0.1) is 0 Å². The van der Waals surface area contributed by atoms with Crippen LogP contribution in [0.2, 0.25) is 0 Å². The van der Waals surface area contributed by atoms with E-state index in [-0.39, 0.29) is 17.9 Å². The fraction of sp³-hybridized carbons (Fsp3) is 0.143. The van der Waals surface area contributed by atoms with Crippen LogP contribution >= 0.6 is 11.8 Å². The zero-order valence-electron chi connectivity index (χ0n) is 15.0. The van der Waals surface area contributed by atoms with Crippen molar-refractivity contribution < 1.29 is 17.6 Å². The molecule has 0 radical (unpaired) electrons. The quantitative estimate of drug-likeness (QED) is 0.325. The van der Waals surface area contributed by atoms with E-state index in [1.807, 2.05) is 0 Å². The molecule has 0 saturated heterocycles. The average Bonchev–Trinajstić information content (AvgIpc) is 3.22. The molecule has 0 bridgehead atoms. The number of benzene rings is 2. The van der Waals surface area contributed by atoms with Gasteiger partial charge in [0.15, 0.2) is 5.16 Å². The van der Waals surface area contributed by atoms with Crippen molar-refractivity contribution in [3.63, 3.8) is 0 Å². The summed E-state index contributed by atoms with van der Waals surface area (Å²) in [4.78, 5) is 17.6. The molecule has 2 aromatic heterocycles. The van der Waals surface area contributed by atoms with E-state index >= 15 is 0 Å². The lowest BCUT2D eigenvalue weighted by Gasteiger charge is -2.13. The molecule has 0 aliphatic carbocycles. The summed E-state index contributed by atoms with van der Waals surface area (Å²) in [5, 5.41) is 0.894. The van der Waals surface area contributed by atoms with Gasteiger partial charge in [-0.05, 0) is 35.9 Å². The molecule has 148 valence electrons. The Bertz CT molecular complexity index is 1200. The van der Waals surface area contributed by atoms with Gasteiger partial charge in [-0.1, -0.05) is 42.1 Å². The van der Waals surface area contributed by atoms with Crippen LogP contribution < -0.4 is 5.56 Å². The van der Waals surface area contributed by atoms with Gasteiger partial charge in [0, 0.05) is 5.75 Å². The van der Waals surface area contributed by atoms with Crippen molar-refractivity contribution in [2.75, 3.05) is 0 Å². The van der Waals surface area contributed by atoms with E-state index in [2.05, 4.69) is 4.98 Å². The molecule has 8 heteroatoms. The van der Waals surface area contributed by atoms with E-state index in [0.29, 0.717) is 27.4 Å². The van der Waals surface area contributed by atoms with E-state index < -0.39 is 11.7 Å². The van der Waals surface area contributed by atoms with Gasteiger partial charge < -0.3 is 4.42 Å². The fourth-order valence-electron chi connectivity index (χ4n) is 2.94. The van der Waals surface area contributed by atoms with Gasteiger partial charge in [-0.3, -0.25) is 9.36 Å². The first-order valence-electron chi connectivity index (χ1n) is 8.73. The summed E-state index contributed by atoms with van der Waals surface area (Å²) in [6.45, 7) is 0.189. The molecule has 0 unspecified atom stereocenters. The van der Waals surface area contributed by atoms with Crippen molar-refractivity contribution in [3.8, 4) is 0 Å². The number of hydrogen-bond donors (Lipinski definition) is 0. The number of para-hydroxylation sites is 1. The summed E-state index contributed by atoms with van der Waals surface area (Å²) >= 11 is 1.21. The lowest BCUT2D eigenvalue weighted by Crippen LogP contribution is -2.23. The predicted molar refractivity (Wildman–Crippen MR) is 105 cm³/mol. The van der Waals surface area contributed by atoms with Crippen molar-refractivity contribution in [1.29, 1.82) is 0 Å². The van der Waals surface area contributed by atoms with Crippen LogP contribution in [0.1, 0.15) is 16.9 Å². The number of rotatable bonds is 5. The molecule has 2 aromatic carbocycles. The maximum absolute atomic E-state index is 13.0. The molecule has 0 fully saturated rings. The minimum Gasteiger partial charge on any atom is -0.467 e. The molecule has 0 atom stereocenters. The SMILES string of the molecule is O=c1c2ccccc2nc(SCc2cccc(C(F)(F)F)c2)n1Cc1ccco1. The van der Waals surface area contributed by atoms with Crippen LogP contribution in [0.4, 0.5) is 13.2 Å². The molecule has 4 aromatic rings. The molecule has 0 aliphatic rings. The molecule has 4 nitrogen and oxygen atoms in total. The number of aromatic nitrogens is 2. The third-order valence-electron chi connectivity index (χ3n) is 4.34. The topological polar surface area (TPSA) is 48.0 Å². The first-order valence-corrected chi connectivity index (χ1v) is 9.71. The second-order valence-corrected chi connectivity index (χ2v) is 7.31. The van der Waals surface area contributed by atoms with E-state index in [9.17, 15) is 18.0 Å². The van der Waals surface area contributed by atoms with Gasteiger partial charge >= 0.3 is 6.18 Å². The normalized spacial score (nSPS) is 11.8. The second-order valence-electron chi connectivity index (χ2n) is 6.37. The third kappa shape index (κ3) is 4.22. The maximum Gasteiger partial charge on any atom is 0.416 e. The Kier molecular flexibility index (Phi) is 5.19. The van der Waals surface area contributed by atoms with Crippen molar-refractivity contribution in [2.24, 2.45) is 0 Å². The maximum atomic E-state index is 13.0. The number of hydrogen-bond acceptors (Lipinski definition) is 4. The summed E-state index contributed by atoms with van der Waals surface area (Å²) in [5.74, 6) is 0.831. The summed E-state index contributed by atoms with van der Waals surface area (Å²) < 4.78 is 45.7. The number of alkyl halides is 3. The lowest BCUT2D eigenvalue weighted by molar-refractivity contribution is -0.137. The van der Waals surface area contributed by atoms with Crippen LogP contribution in [0.25, 0.3) is 10.9 Å². The van der Waals surface area contributed by atoms with Gasteiger partial charge in [0.05, 0.1) is 29.3 Å². The Morgan fingerprint density at radius 2 is 1.86 bits per heavy atom. The van der Waals surface area contributed by atoms with Crippen molar-refractivity contribution >= 4 is 22.7 Å². The van der Waals surface area contributed by atoms with Gasteiger partial charge in [-0.25, -0.2) is 4.98 Å². The smallest absolute Gasteiger partial charge is 0.416 e. The lowest BCUT2D eigenvalue weighted by atomic mass is 10.1. The van der Waals surface area contributed by atoms with Crippen LogP contribution in [-0.4, -0.2) is 9.55 Å². The van der Waals surface area contributed by atoms with Crippen molar-refractivity contribution in [1.82, 2.24) is 9.55 Å². The Morgan fingerprint density at radius 1 is 1.03 bits per heavy atom. The van der Waals surface area contributed by atoms with Gasteiger partial charge in [0.2, 0.25) is 0 Å². The molecule has 2 heterocycles. The Morgan fingerprint density at radius 3 is 2.62 bits per heavy atom. The molecule has 29 heavy (non-hydrogen) atoms. The van der Waals surface area contributed by atoms with Crippen molar-refractivity contribution in [3.05, 3.63) is 94.2 Å². The average molecular weight is 416 g/mol. The summed E-state index contributed by atoms with van der Waals surface area (Å²) in [5.41, 5.74) is 0.116. The van der Waals surface area contributed by atoms with Gasteiger partial charge in [-0.2, -0.15) is 13.2 Å². The number of fused-ring (bicyclic) bond motifs is 1. The largest absolute Gasteiger partial charge is 0.467 e. The number of furan rings is 1. The molecule has 0 spiro atoms. The zero-order chi connectivity index (χ0) is 20.4. The minimum atomic E-state index is -4.40. The predicted octanol–water partition coefficient (Wildman–Crippen LogP) is 5.35. The summed E-state index contributed by atoms with van der Waals surface area (Å²) in [7, 11) is 0. The highest BCUT2D eigenvalue weighted by atomic mass is 32.2. The second kappa shape index (κ2) is 7.79. The number of nitrogens with zero attached hydrogens (tertiary/aromatic N) is 2. The molecule has 0 saturated carbocycles. The Balaban J connectivity index is 1.70. The molecular weight excluding hydrogens is 401 g/mol. The number of thioether (sulfide) groups is 1. The summed E-state index contributed by atoms with van der Waals surface area (Å²) in [6, 6.07) is 15.6. The van der Waals surface area contributed by atoms with Crippen LogP contribution in [0.15, 0.2) is 81.3 Å². The molecule has 0 aliphatic heterocycles. The highest BCUT2D eigenvalue weighted by Gasteiger charge is 2.30. The zero-order valence-corrected chi connectivity index (χ0v) is 15.8. The van der Waals surface area contributed by atoms with Crippen LogP contribution in [0, 0.1) is 0 Å². The first-order chi connectivity index (χ1) is 13.9. The highest BCUT2D eigenvalue weighted by Crippen LogP contribution is 2.31. The molecule has 4 rings (SSSR count). The standard InChI is InChI=1S/C21H15F3N2O2S/c22-21(23,24)15-6-3-5-14(11-15)13-29-20-25-18-9-2-1-8-17(18)19(27)26(20)12-16-7-4-10-28-16/h1-11H,12-13H2. The fourth-order valence-corrected chi connectivity index (χ4v) is 3.88. The molecule has 0 amide bonds. The molecular formula is C21H15F3N2O2S.